The second kappa shape index (κ2) is 10.4. The fourth-order valence-electron chi connectivity index (χ4n) is 5.27. The maximum absolute atomic E-state index is 5.25. The predicted octanol–water partition coefficient (Wildman–Crippen LogP) is 4.74. The molecule has 1 N–H and O–H groups in total. The number of benzene rings is 1. The van der Waals surface area contributed by atoms with Gasteiger partial charge in [0.05, 0.1) is 0 Å². The Hall–Kier alpha value is -3.13. The Kier molecular flexibility index (Phi) is 6.94. The number of aromatic nitrogens is 5. The van der Waals surface area contributed by atoms with Crippen LogP contribution in [0.2, 0.25) is 0 Å². The van der Waals surface area contributed by atoms with E-state index < -0.39 is 0 Å². The molecule has 1 atom stereocenters. The van der Waals surface area contributed by atoms with Gasteiger partial charge in [0.2, 0.25) is 0 Å². The third-order valence-electron chi connectivity index (χ3n) is 7.14. The van der Waals surface area contributed by atoms with Crippen LogP contribution in [0, 0.1) is 5.92 Å². The molecular formula is C26H34N8. The lowest BCUT2D eigenvalue weighted by Crippen LogP contribution is -2.45. The molecule has 2 aromatic heterocycles. The van der Waals surface area contributed by atoms with Crippen LogP contribution in [-0.2, 0) is 6.42 Å². The summed E-state index contributed by atoms with van der Waals surface area (Å²) in [6.45, 7) is 3.27. The highest BCUT2D eigenvalue weighted by Gasteiger charge is 2.36. The van der Waals surface area contributed by atoms with Crippen LogP contribution in [0.15, 0.2) is 47.6 Å². The number of tetrazole rings is 1. The zero-order chi connectivity index (χ0) is 23.3. The van der Waals surface area contributed by atoms with Gasteiger partial charge >= 0.3 is 0 Å². The molecule has 0 saturated heterocycles. The Bertz CT molecular complexity index is 1090. The van der Waals surface area contributed by atoms with E-state index in [1.54, 1.807) is 0 Å². The Labute approximate surface area is 201 Å². The van der Waals surface area contributed by atoms with Crippen molar-refractivity contribution in [2.45, 2.75) is 64.5 Å². The summed E-state index contributed by atoms with van der Waals surface area (Å²) in [5.41, 5.74) is 4.11. The molecule has 1 aliphatic heterocycles. The first-order valence-corrected chi connectivity index (χ1v) is 12.6. The molecule has 1 fully saturated rings. The number of nitrogens with one attached hydrogen (secondary N) is 1. The maximum Gasteiger partial charge on any atom is 0.180 e. The van der Waals surface area contributed by atoms with Crippen LogP contribution in [-0.4, -0.2) is 61.2 Å². The standard InChI is InChI=1S/C26H34N8/c1-3-4-16-34-24(28-26(33(34)2)19-10-6-5-7-11-19)17-21-15-14-20(18-27-21)22-12-8-9-13-23(22)25-29-31-32-30-25/h8-9,12-15,18-19,26H,3-7,10-11,16-17H2,1-2H3,(H,29,30,31,32). The number of amidine groups is 1. The molecule has 8 heteroatoms. The van der Waals surface area contributed by atoms with Crippen LogP contribution in [0.3, 0.4) is 0 Å². The number of aromatic amines is 1. The second-order valence-corrected chi connectivity index (χ2v) is 9.42. The largest absolute Gasteiger partial charge is 0.291 e. The summed E-state index contributed by atoms with van der Waals surface area (Å²) in [6.07, 6.45) is 12.0. The van der Waals surface area contributed by atoms with E-state index in [1.807, 2.05) is 24.4 Å². The quantitative estimate of drug-likeness (QED) is 0.525. The molecule has 0 spiro atoms. The molecule has 1 aromatic carbocycles. The third kappa shape index (κ3) is 4.73. The highest BCUT2D eigenvalue weighted by atomic mass is 15.7. The number of nitrogens with zero attached hydrogens (tertiary/aromatic N) is 7. The SMILES string of the molecule is CCCCN1C(Cc2ccc(-c3ccccc3-c3nnn[nH]3)cn2)=NC(C2CCCCC2)N1C. The van der Waals surface area contributed by atoms with E-state index in [2.05, 4.69) is 62.8 Å². The van der Waals surface area contributed by atoms with Gasteiger partial charge in [0.1, 0.15) is 12.0 Å². The fourth-order valence-corrected chi connectivity index (χ4v) is 5.27. The van der Waals surface area contributed by atoms with E-state index in [1.165, 1.54) is 44.9 Å². The molecule has 5 rings (SSSR count). The van der Waals surface area contributed by atoms with E-state index in [4.69, 9.17) is 9.98 Å². The molecule has 0 amide bonds. The second-order valence-electron chi connectivity index (χ2n) is 9.42. The molecule has 1 unspecified atom stereocenters. The van der Waals surface area contributed by atoms with Crippen LogP contribution in [0.1, 0.15) is 57.6 Å². The Balaban J connectivity index is 1.36. The number of H-pyrrole nitrogens is 1. The summed E-state index contributed by atoms with van der Waals surface area (Å²) in [5.74, 6) is 2.47. The van der Waals surface area contributed by atoms with Crippen molar-refractivity contribution in [3.8, 4) is 22.5 Å². The molecule has 1 aliphatic carbocycles. The van der Waals surface area contributed by atoms with Crippen molar-refractivity contribution in [2.24, 2.45) is 10.9 Å². The summed E-state index contributed by atoms with van der Waals surface area (Å²) < 4.78 is 0. The van der Waals surface area contributed by atoms with Gasteiger partial charge in [0.15, 0.2) is 5.82 Å². The number of hydrazine groups is 1. The van der Waals surface area contributed by atoms with Crippen molar-refractivity contribution in [1.82, 2.24) is 35.6 Å². The average Bonchev–Trinajstić information content (AvgIpc) is 3.53. The van der Waals surface area contributed by atoms with Crippen LogP contribution in [0.5, 0.6) is 0 Å². The van der Waals surface area contributed by atoms with E-state index in [0.29, 0.717) is 11.7 Å². The fraction of sp³-hybridized carbons (Fsp3) is 0.500. The lowest BCUT2D eigenvalue weighted by Gasteiger charge is -2.35. The normalized spacial score (nSPS) is 19.5. The van der Waals surface area contributed by atoms with Crippen LogP contribution >= 0.6 is 0 Å². The minimum absolute atomic E-state index is 0.272. The molecule has 178 valence electrons. The molecular weight excluding hydrogens is 424 g/mol. The minimum atomic E-state index is 0.272. The van der Waals surface area contributed by atoms with Gasteiger partial charge < -0.3 is 0 Å². The van der Waals surface area contributed by atoms with Crippen molar-refractivity contribution in [3.05, 3.63) is 48.3 Å². The van der Waals surface area contributed by atoms with Gasteiger partial charge in [-0.25, -0.2) is 10.1 Å². The predicted molar refractivity (Wildman–Crippen MR) is 134 cm³/mol. The molecule has 2 aliphatic rings. The van der Waals surface area contributed by atoms with Crippen molar-refractivity contribution >= 4 is 5.84 Å². The van der Waals surface area contributed by atoms with Gasteiger partial charge in [-0.15, -0.1) is 5.10 Å². The van der Waals surface area contributed by atoms with Crippen molar-refractivity contribution in [2.75, 3.05) is 13.6 Å². The highest BCUT2D eigenvalue weighted by molar-refractivity contribution is 5.85. The number of aliphatic imine (C=N–C) groups is 1. The van der Waals surface area contributed by atoms with E-state index >= 15 is 0 Å². The first-order valence-electron chi connectivity index (χ1n) is 12.6. The van der Waals surface area contributed by atoms with E-state index in [-0.39, 0.29) is 6.17 Å². The number of rotatable bonds is 8. The summed E-state index contributed by atoms with van der Waals surface area (Å²) in [7, 11) is 2.22. The lowest BCUT2D eigenvalue weighted by atomic mass is 9.87. The zero-order valence-corrected chi connectivity index (χ0v) is 20.2. The van der Waals surface area contributed by atoms with Crippen molar-refractivity contribution in [1.29, 1.82) is 0 Å². The molecule has 3 aromatic rings. The van der Waals surface area contributed by atoms with Crippen LogP contribution in [0.4, 0.5) is 0 Å². The Morgan fingerprint density at radius 2 is 1.85 bits per heavy atom. The first-order chi connectivity index (χ1) is 16.7. The average molecular weight is 459 g/mol. The van der Waals surface area contributed by atoms with Gasteiger partial charge in [-0.1, -0.05) is 62.9 Å². The minimum Gasteiger partial charge on any atom is -0.291 e. The zero-order valence-electron chi connectivity index (χ0n) is 20.2. The van der Waals surface area contributed by atoms with E-state index in [0.717, 1.165) is 41.2 Å². The number of hydrogen-bond acceptors (Lipinski definition) is 7. The first kappa shape index (κ1) is 22.7. The smallest absolute Gasteiger partial charge is 0.180 e. The van der Waals surface area contributed by atoms with Crippen LogP contribution in [0.25, 0.3) is 22.5 Å². The summed E-state index contributed by atoms with van der Waals surface area (Å²) in [5, 5.41) is 19.2. The van der Waals surface area contributed by atoms with Gasteiger partial charge in [0, 0.05) is 43.0 Å². The Morgan fingerprint density at radius 1 is 1.03 bits per heavy atom. The number of hydrogen-bond donors (Lipinski definition) is 1. The molecule has 3 heterocycles. The molecule has 0 bridgehead atoms. The molecule has 0 radical (unpaired) electrons. The summed E-state index contributed by atoms with van der Waals surface area (Å²) >= 11 is 0. The van der Waals surface area contributed by atoms with Crippen molar-refractivity contribution in [3.63, 3.8) is 0 Å². The summed E-state index contributed by atoms with van der Waals surface area (Å²) in [4.78, 5) is 10.1. The van der Waals surface area contributed by atoms with Crippen molar-refractivity contribution < 1.29 is 0 Å². The Morgan fingerprint density at radius 3 is 2.56 bits per heavy atom. The molecule has 34 heavy (non-hydrogen) atoms. The van der Waals surface area contributed by atoms with Crippen LogP contribution < -0.4 is 0 Å². The topological polar surface area (TPSA) is 86.2 Å². The number of unbranched alkanes of at least 4 members (excludes halogenated alkanes) is 1. The van der Waals surface area contributed by atoms with E-state index in [9.17, 15) is 0 Å². The highest BCUT2D eigenvalue weighted by Crippen LogP contribution is 2.33. The monoisotopic (exact) mass is 458 g/mol. The molecule has 1 saturated carbocycles. The lowest BCUT2D eigenvalue weighted by molar-refractivity contribution is 0.0206. The van der Waals surface area contributed by atoms with Gasteiger partial charge in [0.25, 0.3) is 0 Å². The maximum atomic E-state index is 5.25. The van der Waals surface area contributed by atoms with Gasteiger partial charge in [-0.2, -0.15) is 5.01 Å². The number of pyridine rings is 1. The summed E-state index contributed by atoms with van der Waals surface area (Å²) in [6, 6.07) is 12.4. The van der Waals surface area contributed by atoms with Gasteiger partial charge in [-0.3, -0.25) is 9.99 Å². The van der Waals surface area contributed by atoms with Gasteiger partial charge in [-0.05, 0) is 47.2 Å². The third-order valence-corrected chi connectivity index (χ3v) is 7.14. The molecule has 8 nitrogen and oxygen atoms in total.